The third kappa shape index (κ3) is 5.59. The van der Waals surface area contributed by atoms with Gasteiger partial charge >= 0.3 is 12.2 Å². The van der Waals surface area contributed by atoms with Gasteiger partial charge in [0.15, 0.2) is 0 Å². The molecule has 2 N–H and O–H groups in total. The SMILES string of the molecule is CNC(=O)NC(=O)CN1CCCN(c2ccc(C(F)(F)F)cn2)CC1. The quantitative estimate of drug-likeness (QED) is 0.844. The minimum atomic E-state index is -4.40. The molecule has 0 aromatic carbocycles. The summed E-state index contributed by atoms with van der Waals surface area (Å²) in [6.45, 7) is 2.45. The largest absolute Gasteiger partial charge is 0.417 e. The smallest absolute Gasteiger partial charge is 0.355 e. The Morgan fingerprint density at radius 3 is 2.56 bits per heavy atom. The van der Waals surface area contributed by atoms with Crippen LogP contribution in [-0.2, 0) is 11.0 Å². The number of carbonyl (C=O) groups is 2. The summed E-state index contributed by atoms with van der Waals surface area (Å²) in [5.41, 5.74) is -0.779. The molecule has 0 bridgehead atoms. The predicted molar refractivity (Wildman–Crippen MR) is 85.1 cm³/mol. The lowest BCUT2D eigenvalue weighted by Crippen LogP contribution is -2.44. The molecule has 1 aromatic rings. The molecule has 0 radical (unpaired) electrons. The van der Waals surface area contributed by atoms with E-state index in [9.17, 15) is 22.8 Å². The van der Waals surface area contributed by atoms with Crippen molar-refractivity contribution in [1.29, 1.82) is 0 Å². The lowest BCUT2D eigenvalue weighted by molar-refractivity contribution is -0.137. The molecule has 25 heavy (non-hydrogen) atoms. The topological polar surface area (TPSA) is 77.6 Å². The number of halogens is 3. The fraction of sp³-hybridized carbons (Fsp3) is 0.533. The van der Waals surface area contributed by atoms with Gasteiger partial charge in [-0.3, -0.25) is 15.0 Å². The van der Waals surface area contributed by atoms with E-state index >= 15 is 0 Å². The van der Waals surface area contributed by atoms with Gasteiger partial charge in [0.1, 0.15) is 5.82 Å². The van der Waals surface area contributed by atoms with Gasteiger partial charge in [0.25, 0.3) is 0 Å². The Morgan fingerprint density at radius 1 is 1.20 bits per heavy atom. The van der Waals surface area contributed by atoms with E-state index in [0.29, 0.717) is 32.0 Å². The maximum Gasteiger partial charge on any atom is 0.417 e. The van der Waals surface area contributed by atoms with E-state index in [1.165, 1.54) is 13.1 Å². The van der Waals surface area contributed by atoms with E-state index in [1.54, 1.807) is 0 Å². The molecule has 1 saturated heterocycles. The molecular formula is C15H20F3N5O2. The van der Waals surface area contributed by atoms with Crippen LogP contribution in [-0.4, -0.2) is 61.6 Å². The first-order valence-electron chi connectivity index (χ1n) is 7.81. The molecule has 0 aliphatic carbocycles. The number of urea groups is 1. The van der Waals surface area contributed by atoms with E-state index < -0.39 is 23.7 Å². The molecule has 1 aromatic heterocycles. The highest BCUT2D eigenvalue weighted by Crippen LogP contribution is 2.29. The predicted octanol–water partition coefficient (Wildman–Crippen LogP) is 1.07. The summed E-state index contributed by atoms with van der Waals surface area (Å²) in [5, 5.41) is 4.50. The molecule has 10 heteroatoms. The first-order chi connectivity index (χ1) is 11.8. The summed E-state index contributed by atoms with van der Waals surface area (Å²) >= 11 is 0. The van der Waals surface area contributed by atoms with E-state index in [4.69, 9.17) is 0 Å². The minimum absolute atomic E-state index is 0.0850. The van der Waals surface area contributed by atoms with Crippen molar-refractivity contribution in [2.24, 2.45) is 0 Å². The molecule has 3 amide bonds. The van der Waals surface area contributed by atoms with Crippen LogP contribution in [0.25, 0.3) is 0 Å². The molecule has 1 aliphatic heterocycles. The number of imide groups is 1. The molecule has 0 unspecified atom stereocenters. The second-order valence-corrected chi connectivity index (χ2v) is 5.65. The summed E-state index contributed by atoms with van der Waals surface area (Å²) in [6, 6.07) is 1.81. The van der Waals surface area contributed by atoms with Crippen molar-refractivity contribution in [3.8, 4) is 0 Å². The van der Waals surface area contributed by atoms with Crippen molar-refractivity contribution < 1.29 is 22.8 Å². The molecule has 1 fully saturated rings. The Kier molecular flexibility index (Phi) is 6.18. The van der Waals surface area contributed by atoms with Crippen molar-refractivity contribution in [3.63, 3.8) is 0 Å². The van der Waals surface area contributed by atoms with E-state index in [2.05, 4.69) is 15.6 Å². The summed E-state index contributed by atoms with van der Waals surface area (Å²) in [7, 11) is 1.42. The Morgan fingerprint density at radius 2 is 1.96 bits per heavy atom. The number of rotatable bonds is 3. The highest BCUT2D eigenvalue weighted by atomic mass is 19.4. The lowest BCUT2D eigenvalue weighted by atomic mass is 10.2. The first kappa shape index (κ1) is 19.0. The van der Waals surface area contributed by atoms with Crippen LogP contribution < -0.4 is 15.5 Å². The number of anilines is 1. The number of nitrogens with one attached hydrogen (secondary N) is 2. The van der Waals surface area contributed by atoms with Crippen LogP contribution >= 0.6 is 0 Å². The maximum atomic E-state index is 12.6. The van der Waals surface area contributed by atoms with Crippen molar-refractivity contribution in [2.45, 2.75) is 12.6 Å². The first-order valence-corrected chi connectivity index (χ1v) is 7.81. The van der Waals surface area contributed by atoms with Gasteiger partial charge in [0, 0.05) is 39.4 Å². The molecule has 2 heterocycles. The van der Waals surface area contributed by atoms with Crippen molar-refractivity contribution >= 4 is 17.8 Å². The summed E-state index contributed by atoms with van der Waals surface area (Å²) in [5.74, 6) is 0.0742. The number of nitrogens with zero attached hydrogens (tertiary/aromatic N) is 3. The van der Waals surface area contributed by atoms with Crippen LogP contribution in [0.15, 0.2) is 18.3 Å². The second kappa shape index (κ2) is 8.15. The van der Waals surface area contributed by atoms with E-state index in [1.807, 2.05) is 9.80 Å². The van der Waals surface area contributed by atoms with Crippen LogP contribution in [0.5, 0.6) is 0 Å². The summed E-state index contributed by atoms with van der Waals surface area (Å²) in [4.78, 5) is 30.5. The van der Waals surface area contributed by atoms with Crippen molar-refractivity contribution in [2.75, 3.05) is 44.7 Å². The van der Waals surface area contributed by atoms with Gasteiger partial charge in [-0.05, 0) is 18.6 Å². The number of hydrogen-bond donors (Lipinski definition) is 2. The number of alkyl halides is 3. The fourth-order valence-electron chi connectivity index (χ4n) is 2.53. The molecular weight excluding hydrogens is 339 g/mol. The second-order valence-electron chi connectivity index (χ2n) is 5.65. The van der Waals surface area contributed by atoms with Gasteiger partial charge in [0.2, 0.25) is 5.91 Å². The number of pyridine rings is 1. The summed E-state index contributed by atoms with van der Waals surface area (Å²) < 4.78 is 37.8. The Hall–Kier alpha value is -2.36. The normalized spacial score (nSPS) is 16.2. The monoisotopic (exact) mass is 359 g/mol. The molecule has 0 atom stereocenters. The highest BCUT2D eigenvalue weighted by molar-refractivity contribution is 5.95. The van der Waals surface area contributed by atoms with Crippen molar-refractivity contribution in [1.82, 2.24) is 20.5 Å². The maximum absolute atomic E-state index is 12.6. The third-order valence-corrected chi connectivity index (χ3v) is 3.83. The zero-order valence-corrected chi connectivity index (χ0v) is 13.8. The van der Waals surface area contributed by atoms with Crippen LogP contribution in [0.3, 0.4) is 0 Å². The van der Waals surface area contributed by atoms with Crippen LogP contribution in [0.1, 0.15) is 12.0 Å². The average Bonchev–Trinajstić information content (AvgIpc) is 2.79. The molecule has 1 aliphatic rings. The van der Waals surface area contributed by atoms with Crippen molar-refractivity contribution in [3.05, 3.63) is 23.9 Å². The molecule has 7 nitrogen and oxygen atoms in total. The zero-order chi connectivity index (χ0) is 18.4. The third-order valence-electron chi connectivity index (χ3n) is 3.83. The fourth-order valence-corrected chi connectivity index (χ4v) is 2.53. The number of amides is 3. The van der Waals surface area contributed by atoms with Crippen LogP contribution in [0.4, 0.5) is 23.8 Å². The number of hydrogen-bond acceptors (Lipinski definition) is 5. The Bertz CT molecular complexity index is 606. The minimum Gasteiger partial charge on any atom is -0.355 e. The molecule has 138 valence electrons. The van der Waals surface area contributed by atoms with E-state index in [-0.39, 0.29) is 6.54 Å². The van der Waals surface area contributed by atoms with Gasteiger partial charge in [-0.1, -0.05) is 0 Å². The summed E-state index contributed by atoms with van der Waals surface area (Å²) in [6.07, 6.45) is -2.84. The zero-order valence-electron chi connectivity index (χ0n) is 13.8. The van der Waals surface area contributed by atoms with Gasteiger partial charge in [-0.2, -0.15) is 13.2 Å². The standard InChI is InChI=1S/C15H20F3N5O2/c1-19-14(25)21-13(24)10-22-5-2-6-23(8-7-22)12-4-3-11(9-20-12)15(16,17)18/h3-4,9H,2,5-8,10H2,1H3,(H2,19,21,24,25). The Labute approximate surface area is 143 Å². The number of aromatic nitrogens is 1. The Balaban J connectivity index is 1.90. The van der Waals surface area contributed by atoms with Crippen LogP contribution in [0.2, 0.25) is 0 Å². The van der Waals surface area contributed by atoms with Gasteiger partial charge in [-0.15, -0.1) is 0 Å². The highest BCUT2D eigenvalue weighted by Gasteiger charge is 2.31. The van der Waals surface area contributed by atoms with Gasteiger partial charge in [0.05, 0.1) is 12.1 Å². The van der Waals surface area contributed by atoms with E-state index in [0.717, 1.165) is 18.7 Å². The average molecular weight is 359 g/mol. The molecule has 2 rings (SSSR count). The lowest BCUT2D eigenvalue weighted by Gasteiger charge is -2.22. The molecule has 0 spiro atoms. The molecule has 0 saturated carbocycles. The number of carbonyl (C=O) groups excluding carboxylic acids is 2. The van der Waals surface area contributed by atoms with Gasteiger partial charge in [-0.25, -0.2) is 9.78 Å². The van der Waals surface area contributed by atoms with Gasteiger partial charge < -0.3 is 10.2 Å². The van der Waals surface area contributed by atoms with Crippen LogP contribution in [0, 0.1) is 0 Å².